The molecule has 3 rings (SSSR count). The van der Waals surface area contributed by atoms with Crippen molar-refractivity contribution >= 4 is 11.8 Å². The molecule has 1 saturated carbocycles. The predicted octanol–water partition coefficient (Wildman–Crippen LogP) is 1.45. The van der Waals surface area contributed by atoms with E-state index in [9.17, 15) is 0 Å². The van der Waals surface area contributed by atoms with Crippen LogP contribution in [0.4, 0.5) is 11.8 Å². The highest BCUT2D eigenvalue weighted by atomic mass is 15.3. The Morgan fingerprint density at radius 2 is 2.06 bits per heavy atom. The Balaban J connectivity index is 1.61. The van der Waals surface area contributed by atoms with Crippen molar-refractivity contribution in [3.63, 3.8) is 0 Å². The second kappa shape index (κ2) is 4.95. The van der Waals surface area contributed by atoms with E-state index in [0.29, 0.717) is 18.5 Å². The number of anilines is 2. The highest BCUT2D eigenvalue weighted by molar-refractivity contribution is 5.38. The maximum Gasteiger partial charge on any atom is 0.244 e. The molecule has 0 amide bonds. The van der Waals surface area contributed by atoms with Gasteiger partial charge in [0, 0.05) is 25.0 Å². The van der Waals surface area contributed by atoms with Crippen LogP contribution in [-0.2, 0) is 6.54 Å². The highest BCUT2D eigenvalue weighted by Crippen LogP contribution is 2.22. The smallest absolute Gasteiger partial charge is 0.244 e. The Morgan fingerprint density at radius 1 is 1.22 bits per heavy atom. The SMILES string of the molecule is c1cc(CNc2cnnc(NC3CC3)n2)ccn1. The van der Waals surface area contributed by atoms with Crippen molar-refractivity contribution in [1.29, 1.82) is 0 Å². The quantitative estimate of drug-likeness (QED) is 0.826. The third-order valence-electron chi connectivity index (χ3n) is 2.69. The Bertz CT molecular complexity index is 511. The Kier molecular flexibility index (Phi) is 2.99. The summed E-state index contributed by atoms with van der Waals surface area (Å²) in [7, 11) is 0. The van der Waals surface area contributed by atoms with Crippen molar-refractivity contribution in [3.05, 3.63) is 36.3 Å². The van der Waals surface area contributed by atoms with Crippen LogP contribution in [0.1, 0.15) is 18.4 Å². The van der Waals surface area contributed by atoms with Crippen LogP contribution in [0.5, 0.6) is 0 Å². The molecule has 1 fully saturated rings. The fraction of sp³-hybridized carbons (Fsp3) is 0.333. The van der Waals surface area contributed by atoms with Crippen molar-refractivity contribution in [2.75, 3.05) is 10.6 Å². The molecule has 0 unspecified atom stereocenters. The van der Waals surface area contributed by atoms with Gasteiger partial charge in [0.2, 0.25) is 5.95 Å². The number of hydrogen-bond donors (Lipinski definition) is 2. The second-order valence-corrected chi connectivity index (χ2v) is 4.29. The summed E-state index contributed by atoms with van der Waals surface area (Å²) in [6.45, 7) is 0.698. The lowest BCUT2D eigenvalue weighted by Crippen LogP contribution is -2.09. The molecular formula is C12H14N6. The van der Waals surface area contributed by atoms with Gasteiger partial charge in [-0.15, -0.1) is 5.10 Å². The molecule has 0 aromatic carbocycles. The first-order valence-electron chi connectivity index (χ1n) is 5.99. The molecule has 2 aromatic rings. The summed E-state index contributed by atoms with van der Waals surface area (Å²) in [5.41, 5.74) is 1.15. The first-order valence-corrected chi connectivity index (χ1v) is 5.99. The second-order valence-electron chi connectivity index (χ2n) is 4.29. The van der Waals surface area contributed by atoms with Gasteiger partial charge in [0.25, 0.3) is 0 Å². The summed E-state index contributed by atoms with van der Waals surface area (Å²) in [6, 6.07) is 4.46. The minimum atomic E-state index is 0.530. The lowest BCUT2D eigenvalue weighted by molar-refractivity contribution is 0.936. The normalized spacial score (nSPS) is 14.2. The topological polar surface area (TPSA) is 75.6 Å². The minimum absolute atomic E-state index is 0.530. The highest BCUT2D eigenvalue weighted by Gasteiger charge is 2.22. The molecule has 18 heavy (non-hydrogen) atoms. The van der Waals surface area contributed by atoms with Crippen LogP contribution in [0.2, 0.25) is 0 Å². The van der Waals surface area contributed by atoms with Gasteiger partial charge in [-0.3, -0.25) is 4.98 Å². The molecule has 6 heteroatoms. The standard InChI is InChI=1S/C12H14N6/c1-2-10(1)16-12-17-11(8-15-18-12)14-7-9-3-5-13-6-4-9/h3-6,8,10H,1-2,7H2,(H2,14,16,17,18). The molecule has 0 radical (unpaired) electrons. The summed E-state index contributed by atoms with van der Waals surface area (Å²) < 4.78 is 0. The maximum atomic E-state index is 4.36. The first-order chi connectivity index (χ1) is 8.90. The average molecular weight is 242 g/mol. The zero-order valence-corrected chi connectivity index (χ0v) is 9.87. The molecule has 0 saturated heterocycles. The van der Waals surface area contributed by atoms with Crippen LogP contribution in [0, 0.1) is 0 Å². The van der Waals surface area contributed by atoms with Crippen LogP contribution in [0.25, 0.3) is 0 Å². The Hall–Kier alpha value is -2.24. The first kappa shape index (κ1) is 10.9. The van der Waals surface area contributed by atoms with Crippen LogP contribution in [0.3, 0.4) is 0 Å². The number of hydrogen-bond acceptors (Lipinski definition) is 6. The molecular weight excluding hydrogens is 228 g/mol. The molecule has 2 aromatic heterocycles. The van der Waals surface area contributed by atoms with Crippen LogP contribution in [0.15, 0.2) is 30.7 Å². The zero-order chi connectivity index (χ0) is 12.2. The van der Waals surface area contributed by atoms with Gasteiger partial charge < -0.3 is 10.6 Å². The molecule has 6 nitrogen and oxygen atoms in total. The van der Waals surface area contributed by atoms with E-state index in [1.54, 1.807) is 18.6 Å². The summed E-state index contributed by atoms with van der Waals surface area (Å²) >= 11 is 0. The van der Waals surface area contributed by atoms with E-state index >= 15 is 0 Å². The monoisotopic (exact) mass is 242 g/mol. The van der Waals surface area contributed by atoms with Crippen LogP contribution >= 0.6 is 0 Å². The molecule has 92 valence electrons. The van der Waals surface area contributed by atoms with Gasteiger partial charge in [-0.05, 0) is 30.5 Å². The van der Waals surface area contributed by atoms with Gasteiger partial charge in [-0.1, -0.05) is 0 Å². The summed E-state index contributed by atoms with van der Waals surface area (Å²) in [5.74, 6) is 1.32. The van der Waals surface area contributed by atoms with Crippen molar-refractivity contribution in [2.24, 2.45) is 0 Å². The van der Waals surface area contributed by atoms with Crippen molar-refractivity contribution in [1.82, 2.24) is 20.2 Å². The number of pyridine rings is 1. The minimum Gasteiger partial charge on any atom is -0.365 e. The number of aromatic nitrogens is 4. The van der Waals surface area contributed by atoms with Crippen molar-refractivity contribution in [3.8, 4) is 0 Å². The third-order valence-corrected chi connectivity index (χ3v) is 2.69. The number of nitrogens with zero attached hydrogens (tertiary/aromatic N) is 4. The third kappa shape index (κ3) is 2.91. The molecule has 2 heterocycles. The molecule has 0 spiro atoms. The fourth-order valence-electron chi connectivity index (χ4n) is 1.55. The van der Waals surface area contributed by atoms with Crippen molar-refractivity contribution in [2.45, 2.75) is 25.4 Å². The summed E-state index contributed by atoms with van der Waals surface area (Å²) in [4.78, 5) is 8.33. The van der Waals surface area contributed by atoms with Gasteiger partial charge in [-0.2, -0.15) is 10.1 Å². The van der Waals surface area contributed by atoms with Crippen LogP contribution in [-0.4, -0.2) is 26.2 Å². The lowest BCUT2D eigenvalue weighted by Gasteiger charge is -2.06. The Labute approximate surface area is 105 Å². The van der Waals surface area contributed by atoms with Crippen molar-refractivity contribution < 1.29 is 0 Å². The molecule has 2 N–H and O–H groups in total. The maximum absolute atomic E-state index is 4.36. The van der Waals surface area contributed by atoms with E-state index in [-0.39, 0.29) is 0 Å². The van der Waals surface area contributed by atoms with E-state index < -0.39 is 0 Å². The average Bonchev–Trinajstić information content (AvgIpc) is 3.22. The van der Waals surface area contributed by atoms with E-state index in [0.717, 1.165) is 11.4 Å². The van der Waals surface area contributed by atoms with Gasteiger partial charge in [-0.25, -0.2) is 0 Å². The van der Waals surface area contributed by atoms with Crippen LogP contribution < -0.4 is 10.6 Å². The van der Waals surface area contributed by atoms with Gasteiger partial charge in [0.15, 0.2) is 5.82 Å². The number of nitrogens with one attached hydrogen (secondary N) is 2. The molecule has 1 aliphatic carbocycles. The molecule has 0 bridgehead atoms. The zero-order valence-electron chi connectivity index (χ0n) is 9.87. The Morgan fingerprint density at radius 3 is 2.83 bits per heavy atom. The van der Waals surface area contributed by atoms with E-state index in [1.807, 2.05) is 12.1 Å². The van der Waals surface area contributed by atoms with Gasteiger partial charge in [0.05, 0.1) is 6.20 Å². The fourth-order valence-corrected chi connectivity index (χ4v) is 1.55. The van der Waals surface area contributed by atoms with E-state index in [4.69, 9.17) is 0 Å². The number of rotatable bonds is 5. The van der Waals surface area contributed by atoms with Gasteiger partial charge >= 0.3 is 0 Å². The molecule has 1 aliphatic rings. The van der Waals surface area contributed by atoms with E-state index in [1.165, 1.54) is 12.8 Å². The van der Waals surface area contributed by atoms with E-state index in [2.05, 4.69) is 30.8 Å². The summed E-state index contributed by atoms with van der Waals surface area (Å²) in [5, 5.41) is 14.3. The van der Waals surface area contributed by atoms with Gasteiger partial charge in [0.1, 0.15) is 0 Å². The molecule has 0 atom stereocenters. The largest absolute Gasteiger partial charge is 0.365 e. The predicted molar refractivity (Wildman–Crippen MR) is 68.0 cm³/mol. The summed E-state index contributed by atoms with van der Waals surface area (Å²) in [6.07, 6.45) is 7.56. The lowest BCUT2D eigenvalue weighted by atomic mass is 10.3. The molecule has 0 aliphatic heterocycles.